The smallest absolute Gasteiger partial charge is 0.206 e. The number of rotatable bonds is 6. The molecular formula is C24H29F3. The first-order chi connectivity index (χ1) is 12.9. The summed E-state index contributed by atoms with van der Waals surface area (Å²) >= 11 is 0. The number of unbranched alkanes of at least 4 members (excludes halogenated alkanes) is 1. The zero-order valence-corrected chi connectivity index (χ0v) is 16.3. The molecule has 1 aliphatic rings. The highest BCUT2D eigenvalue weighted by molar-refractivity contribution is 5.64. The quantitative estimate of drug-likeness (QED) is 0.480. The molecule has 0 aromatic heterocycles. The molecule has 3 heteroatoms. The van der Waals surface area contributed by atoms with Crippen LogP contribution in [0.25, 0.3) is 11.1 Å². The molecule has 2 aromatic rings. The second-order valence-electron chi connectivity index (χ2n) is 8.10. The summed E-state index contributed by atoms with van der Waals surface area (Å²) in [6.07, 6.45) is 10.0. The zero-order valence-electron chi connectivity index (χ0n) is 16.3. The monoisotopic (exact) mass is 374 g/mol. The second kappa shape index (κ2) is 8.08. The number of alkyl halides is 2. The van der Waals surface area contributed by atoms with Gasteiger partial charge in [0.2, 0.25) is 0 Å². The van der Waals surface area contributed by atoms with Crippen molar-refractivity contribution in [3.8, 4) is 11.1 Å². The summed E-state index contributed by atoms with van der Waals surface area (Å²) in [4.78, 5) is 0. The summed E-state index contributed by atoms with van der Waals surface area (Å²) in [6, 6.07) is 12.3. The fourth-order valence-corrected chi connectivity index (χ4v) is 4.49. The third-order valence-electron chi connectivity index (χ3n) is 6.09. The van der Waals surface area contributed by atoms with E-state index in [1.165, 1.54) is 69.1 Å². The summed E-state index contributed by atoms with van der Waals surface area (Å²) < 4.78 is 40.9. The maximum atomic E-state index is 14.1. The minimum Gasteiger partial charge on any atom is -0.206 e. The molecular weight excluding hydrogens is 345 g/mol. The van der Waals surface area contributed by atoms with Crippen LogP contribution >= 0.6 is 0 Å². The van der Waals surface area contributed by atoms with E-state index in [1.54, 1.807) is 6.07 Å². The van der Waals surface area contributed by atoms with Gasteiger partial charge in [-0.3, -0.25) is 0 Å². The topological polar surface area (TPSA) is 0 Å². The Balaban J connectivity index is 1.87. The molecule has 0 amide bonds. The fraction of sp³-hybridized carbons (Fsp3) is 0.500. The molecule has 0 aliphatic heterocycles. The van der Waals surface area contributed by atoms with Gasteiger partial charge in [0, 0.05) is 6.92 Å². The molecule has 0 saturated heterocycles. The van der Waals surface area contributed by atoms with Crippen LogP contribution < -0.4 is 0 Å². The molecule has 0 radical (unpaired) electrons. The molecule has 0 N–H and O–H groups in total. The molecule has 0 heterocycles. The maximum Gasteiger partial charge on any atom is 0.273 e. The number of hydrogen-bond acceptors (Lipinski definition) is 0. The number of halogens is 3. The van der Waals surface area contributed by atoms with Gasteiger partial charge in [-0.1, -0.05) is 69.4 Å². The normalized spacial score (nSPS) is 17.1. The van der Waals surface area contributed by atoms with Crippen molar-refractivity contribution in [2.45, 2.75) is 76.6 Å². The van der Waals surface area contributed by atoms with Crippen LogP contribution in [0.15, 0.2) is 42.5 Å². The third-order valence-corrected chi connectivity index (χ3v) is 6.09. The highest BCUT2D eigenvalue weighted by Crippen LogP contribution is 2.44. The molecule has 1 fully saturated rings. The summed E-state index contributed by atoms with van der Waals surface area (Å²) in [5.74, 6) is -4.02. The average Bonchev–Trinajstić information content (AvgIpc) is 2.66. The second-order valence-corrected chi connectivity index (χ2v) is 8.10. The van der Waals surface area contributed by atoms with Crippen LogP contribution in [0.4, 0.5) is 13.2 Å². The minimum atomic E-state index is -3.17. The molecule has 146 valence electrons. The average molecular weight is 374 g/mol. The van der Waals surface area contributed by atoms with E-state index >= 15 is 0 Å². The molecule has 1 aliphatic carbocycles. The highest BCUT2D eigenvalue weighted by Gasteiger charge is 2.33. The Bertz CT molecular complexity index is 750. The van der Waals surface area contributed by atoms with Crippen molar-refractivity contribution >= 4 is 0 Å². The SMILES string of the molecule is CCCCC1(c2ccc(-c3ccc(C(C)(F)F)c(F)c3)cc2)CCCCC1. The van der Waals surface area contributed by atoms with Crippen molar-refractivity contribution in [3.63, 3.8) is 0 Å². The lowest BCUT2D eigenvalue weighted by Gasteiger charge is -2.38. The van der Waals surface area contributed by atoms with Crippen molar-refractivity contribution in [3.05, 3.63) is 59.4 Å². The van der Waals surface area contributed by atoms with Gasteiger partial charge in [-0.25, -0.2) is 13.2 Å². The van der Waals surface area contributed by atoms with Gasteiger partial charge < -0.3 is 0 Å². The van der Waals surface area contributed by atoms with Crippen LogP contribution in [0, 0.1) is 5.82 Å². The first-order valence-electron chi connectivity index (χ1n) is 10.1. The van der Waals surface area contributed by atoms with Gasteiger partial charge in [-0.15, -0.1) is 0 Å². The Morgan fingerprint density at radius 3 is 2.11 bits per heavy atom. The van der Waals surface area contributed by atoms with Gasteiger partial charge in [0.1, 0.15) is 5.82 Å². The van der Waals surface area contributed by atoms with Crippen LogP contribution in [0.2, 0.25) is 0 Å². The summed E-state index contributed by atoms with van der Waals surface area (Å²) in [5.41, 5.74) is 2.59. The molecule has 3 rings (SSSR count). The van der Waals surface area contributed by atoms with Gasteiger partial charge >= 0.3 is 0 Å². The van der Waals surface area contributed by atoms with E-state index in [4.69, 9.17) is 0 Å². The zero-order chi connectivity index (χ0) is 19.5. The van der Waals surface area contributed by atoms with Gasteiger partial charge in [0.25, 0.3) is 5.92 Å². The molecule has 1 saturated carbocycles. The van der Waals surface area contributed by atoms with Crippen LogP contribution in [-0.4, -0.2) is 0 Å². The molecule has 0 spiro atoms. The van der Waals surface area contributed by atoms with E-state index in [9.17, 15) is 13.2 Å². The van der Waals surface area contributed by atoms with Crippen molar-refractivity contribution < 1.29 is 13.2 Å². The highest BCUT2D eigenvalue weighted by atomic mass is 19.3. The van der Waals surface area contributed by atoms with Gasteiger partial charge in [0.15, 0.2) is 0 Å². The first kappa shape index (κ1) is 20.0. The van der Waals surface area contributed by atoms with Crippen LogP contribution in [-0.2, 0) is 11.3 Å². The fourth-order valence-electron chi connectivity index (χ4n) is 4.49. The van der Waals surface area contributed by atoms with Gasteiger partial charge in [0.05, 0.1) is 5.56 Å². The largest absolute Gasteiger partial charge is 0.273 e. The minimum absolute atomic E-state index is 0.270. The van der Waals surface area contributed by atoms with Crippen LogP contribution in [0.1, 0.15) is 76.3 Å². The summed E-state index contributed by atoms with van der Waals surface area (Å²) in [7, 11) is 0. The Kier molecular flexibility index (Phi) is 5.98. The molecule has 0 atom stereocenters. The van der Waals surface area contributed by atoms with Crippen molar-refractivity contribution in [1.29, 1.82) is 0 Å². The van der Waals surface area contributed by atoms with Gasteiger partial charge in [-0.2, -0.15) is 0 Å². The van der Waals surface area contributed by atoms with Crippen molar-refractivity contribution in [2.75, 3.05) is 0 Å². The van der Waals surface area contributed by atoms with Crippen LogP contribution in [0.5, 0.6) is 0 Å². The van der Waals surface area contributed by atoms with E-state index < -0.39 is 17.3 Å². The lowest BCUT2D eigenvalue weighted by atomic mass is 9.66. The number of hydrogen-bond donors (Lipinski definition) is 0. The Morgan fingerprint density at radius 1 is 0.926 bits per heavy atom. The first-order valence-corrected chi connectivity index (χ1v) is 10.1. The Labute approximate surface area is 160 Å². The van der Waals surface area contributed by atoms with Crippen molar-refractivity contribution in [2.24, 2.45) is 0 Å². The Morgan fingerprint density at radius 2 is 1.56 bits per heavy atom. The van der Waals surface area contributed by atoms with E-state index in [1.807, 2.05) is 12.1 Å². The predicted molar refractivity (Wildman–Crippen MR) is 106 cm³/mol. The molecule has 0 nitrogen and oxygen atoms in total. The van der Waals surface area contributed by atoms with E-state index in [0.717, 1.165) is 12.5 Å². The van der Waals surface area contributed by atoms with E-state index in [2.05, 4.69) is 19.1 Å². The van der Waals surface area contributed by atoms with E-state index in [0.29, 0.717) is 5.56 Å². The molecule has 0 unspecified atom stereocenters. The number of benzene rings is 2. The molecule has 2 aromatic carbocycles. The predicted octanol–water partition coefficient (Wildman–Crippen LogP) is 8.00. The molecule has 27 heavy (non-hydrogen) atoms. The third kappa shape index (κ3) is 4.39. The summed E-state index contributed by atoms with van der Waals surface area (Å²) in [5, 5.41) is 0. The standard InChI is InChI=1S/C24H29F3/c1-3-4-14-24(15-6-5-7-16-24)20-11-8-18(9-12-20)19-10-13-21(22(25)17-19)23(2,26)27/h8-13,17H,3-7,14-16H2,1-2H3. The molecule has 0 bridgehead atoms. The Hall–Kier alpha value is -1.77. The maximum absolute atomic E-state index is 14.1. The van der Waals surface area contributed by atoms with Crippen LogP contribution in [0.3, 0.4) is 0 Å². The van der Waals surface area contributed by atoms with E-state index in [-0.39, 0.29) is 5.41 Å². The lowest BCUT2D eigenvalue weighted by Crippen LogP contribution is -2.29. The lowest BCUT2D eigenvalue weighted by molar-refractivity contribution is 0.0138. The van der Waals surface area contributed by atoms with Crippen molar-refractivity contribution in [1.82, 2.24) is 0 Å². The summed E-state index contributed by atoms with van der Waals surface area (Å²) in [6.45, 7) is 2.96. The van der Waals surface area contributed by atoms with Gasteiger partial charge in [-0.05, 0) is 53.5 Å².